The smallest absolute Gasteiger partial charge is 0.244 e. The molecule has 4 rings (SSSR count). The molecule has 5 nitrogen and oxygen atoms in total. The van der Waals surface area contributed by atoms with Gasteiger partial charge in [-0.2, -0.15) is 0 Å². The quantitative estimate of drug-likeness (QED) is 0.764. The normalized spacial score (nSPS) is 23.0. The van der Waals surface area contributed by atoms with Gasteiger partial charge >= 0.3 is 0 Å². The van der Waals surface area contributed by atoms with Gasteiger partial charge in [0, 0.05) is 21.7 Å². The predicted molar refractivity (Wildman–Crippen MR) is 95.8 cm³/mol. The zero-order valence-electron chi connectivity index (χ0n) is 13.9. The van der Waals surface area contributed by atoms with Crippen molar-refractivity contribution in [2.45, 2.75) is 37.8 Å². The van der Waals surface area contributed by atoms with E-state index in [1.807, 2.05) is 54.6 Å². The number of fused-ring (bicyclic) bond motifs is 1. The van der Waals surface area contributed by atoms with Crippen molar-refractivity contribution in [1.82, 2.24) is 5.06 Å². The van der Waals surface area contributed by atoms with Crippen LogP contribution in [0, 0.1) is 10.1 Å². The third-order valence-corrected chi connectivity index (χ3v) is 4.94. The Morgan fingerprint density at radius 3 is 2.40 bits per heavy atom. The number of nitrogens with zero attached hydrogens (tertiary/aromatic N) is 2. The summed E-state index contributed by atoms with van der Waals surface area (Å²) in [5.41, 5.74) is 1.17. The molecule has 0 N–H and O–H groups in total. The fraction of sp³-hybridized carbons (Fsp3) is 0.300. The zero-order chi connectivity index (χ0) is 17.2. The van der Waals surface area contributed by atoms with Crippen molar-refractivity contribution >= 4 is 5.70 Å². The van der Waals surface area contributed by atoms with E-state index in [2.05, 4.69) is 0 Å². The van der Waals surface area contributed by atoms with Gasteiger partial charge in [-0.05, 0) is 49.2 Å². The molecule has 1 saturated carbocycles. The first-order valence-electron chi connectivity index (χ1n) is 8.69. The van der Waals surface area contributed by atoms with E-state index in [1.165, 1.54) is 6.20 Å². The van der Waals surface area contributed by atoms with Crippen molar-refractivity contribution in [2.24, 2.45) is 0 Å². The molecule has 0 saturated heterocycles. The SMILES string of the molecule is O=[N+]1C=C(c2ccc(Oc3ccccc3)cc2)N([O-])[C@H]2CCCC[C@@H]21. The van der Waals surface area contributed by atoms with Crippen LogP contribution in [0.1, 0.15) is 31.2 Å². The van der Waals surface area contributed by atoms with E-state index < -0.39 is 0 Å². The number of hydrogen-bond acceptors (Lipinski definition) is 4. The highest BCUT2D eigenvalue weighted by molar-refractivity contribution is 5.65. The Balaban J connectivity index is 1.56. The molecular formula is C20H20N2O3. The van der Waals surface area contributed by atoms with E-state index in [0.717, 1.165) is 46.8 Å². The lowest BCUT2D eigenvalue weighted by atomic mass is 9.88. The third kappa shape index (κ3) is 3.15. The minimum atomic E-state index is -0.244. The highest BCUT2D eigenvalue weighted by Gasteiger charge is 2.41. The number of rotatable bonds is 3. The van der Waals surface area contributed by atoms with E-state index in [0.29, 0.717) is 11.4 Å². The summed E-state index contributed by atoms with van der Waals surface area (Å²) >= 11 is 0. The average Bonchev–Trinajstić information content (AvgIpc) is 2.66. The second-order valence-corrected chi connectivity index (χ2v) is 6.56. The Morgan fingerprint density at radius 2 is 1.64 bits per heavy atom. The largest absolute Gasteiger partial charge is 0.758 e. The van der Waals surface area contributed by atoms with E-state index in [1.54, 1.807) is 0 Å². The van der Waals surface area contributed by atoms with Crippen molar-refractivity contribution in [3.8, 4) is 11.5 Å². The molecule has 0 radical (unpaired) electrons. The summed E-state index contributed by atoms with van der Waals surface area (Å²) < 4.78 is 6.75. The standard InChI is InChI=1S/C20H20N2O3/c23-21-14-20(22(24)19-9-5-4-8-18(19)21)15-10-12-17(13-11-15)25-16-6-2-1-3-7-16/h1-3,6-7,10-14,18-19H,4-5,8-9H2/t18-,19-/m0/s1. The summed E-state index contributed by atoms with van der Waals surface area (Å²) in [6, 6.07) is 16.4. The lowest BCUT2D eigenvalue weighted by Crippen LogP contribution is -2.49. The molecule has 25 heavy (non-hydrogen) atoms. The first kappa shape index (κ1) is 15.8. The van der Waals surface area contributed by atoms with Crippen molar-refractivity contribution < 1.29 is 9.50 Å². The number of benzene rings is 2. The van der Waals surface area contributed by atoms with Crippen LogP contribution in [-0.4, -0.2) is 21.9 Å². The van der Waals surface area contributed by atoms with Gasteiger partial charge in [0.05, 0.1) is 6.04 Å². The molecule has 128 valence electrons. The number of hydroxylamine groups is 2. The van der Waals surface area contributed by atoms with Crippen molar-refractivity contribution in [3.63, 3.8) is 0 Å². The fourth-order valence-electron chi connectivity index (χ4n) is 3.63. The number of para-hydroxylation sites is 1. The van der Waals surface area contributed by atoms with Crippen LogP contribution in [0.15, 0.2) is 60.8 Å². The highest BCUT2D eigenvalue weighted by Crippen LogP contribution is 2.35. The van der Waals surface area contributed by atoms with Crippen LogP contribution in [0.3, 0.4) is 0 Å². The molecule has 2 aromatic rings. The van der Waals surface area contributed by atoms with E-state index >= 15 is 0 Å². The topological polar surface area (TPSA) is 55.6 Å². The Labute approximate surface area is 146 Å². The van der Waals surface area contributed by atoms with Gasteiger partial charge in [0.2, 0.25) is 12.2 Å². The monoisotopic (exact) mass is 336 g/mol. The van der Waals surface area contributed by atoms with Crippen molar-refractivity contribution in [3.05, 3.63) is 76.5 Å². The Kier molecular flexibility index (Phi) is 4.24. The van der Waals surface area contributed by atoms with Gasteiger partial charge in [-0.1, -0.05) is 24.6 Å². The summed E-state index contributed by atoms with van der Waals surface area (Å²) in [6.45, 7) is 0. The summed E-state index contributed by atoms with van der Waals surface area (Å²) in [6.07, 6.45) is 5.03. The van der Waals surface area contributed by atoms with E-state index in [9.17, 15) is 10.1 Å². The van der Waals surface area contributed by atoms with Gasteiger partial charge in [-0.25, -0.2) is 0 Å². The van der Waals surface area contributed by atoms with Gasteiger partial charge in [0.15, 0.2) is 0 Å². The summed E-state index contributed by atoms with van der Waals surface area (Å²) in [5, 5.41) is 13.8. The molecule has 0 aromatic heterocycles. The minimum Gasteiger partial charge on any atom is -0.758 e. The maximum Gasteiger partial charge on any atom is 0.244 e. The molecule has 2 atom stereocenters. The number of ether oxygens (including phenoxy) is 1. The summed E-state index contributed by atoms with van der Waals surface area (Å²) in [5.74, 6) is 1.45. The lowest BCUT2D eigenvalue weighted by molar-refractivity contribution is -0.536. The van der Waals surface area contributed by atoms with Crippen LogP contribution in [-0.2, 0) is 0 Å². The Bertz CT molecular complexity index is 786. The van der Waals surface area contributed by atoms with Crippen LogP contribution < -0.4 is 4.74 Å². The van der Waals surface area contributed by atoms with Crippen molar-refractivity contribution in [1.29, 1.82) is 0 Å². The van der Waals surface area contributed by atoms with Crippen LogP contribution in [0.4, 0.5) is 0 Å². The predicted octanol–water partition coefficient (Wildman–Crippen LogP) is 4.68. The zero-order valence-corrected chi connectivity index (χ0v) is 13.9. The fourth-order valence-corrected chi connectivity index (χ4v) is 3.63. The molecule has 1 heterocycles. The highest BCUT2D eigenvalue weighted by atomic mass is 16.5. The summed E-state index contributed by atoms with van der Waals surface area (Å²) in [7, 11) is 0. The second-order valence-electron chi connectivity index (χ2n) is 6.56. The maximum absolute atomic E-state index is 12.7. The van der Waals surface area contributed by atoms with Gasteiger partial charge in [-0.3, -0.25) is 0 Å². The van der Waals surface area contributed by atoms with E-state index in [-0.39, 0.29) is 12.1 Å². The van der Waals surface area contributed by atoms with Gasteiger partial charge in [-0.15, -0.1) is 0 Å². The molecule has 1 aliphatic carbocycles. The lowest BCUT2D eigenvalue weighted by Gasteiger charge is -2.44. The molecule has 1 aliphatic heterocycles. The van der Waals surface area contributed by atoms with Crippen LogP contribution in [0.5, 0.6) is 11.5 Å². The number of nitroso groups, excluding NO2 is 1. The van der Waals surface area contributed by atoms with Crippen LogP contribution >= 0.6 is 0 Å². The first-order chi connectivity index (χ1) is 12.2. The molecule has 0 amide bonds. The molecule has 0 spiro atoms. The molecular weight excluding hydrogens is 316 g/mol. The molecule has 0 bridgehead atoms. The van der Waals surface area contributed by atoms with Crippen molar-refractivity contribution in [2.75, 3.05) is 0 Å². The molecule has 0 unspecified atom stereocenters. The Hall–Kier alpha value is -2.66. The molecule has 1 fully saturated rings. The van der Waals surface area contributed by atoms with Gasteiger partial charge in [0.1, 0.15) is 17.2 Å². The van der Waals surface area contributed by atoms with Gasteiger partial charge in [0.25, 0.3) is 0 Å². The van der Waals surface area contributed by atoms with Crippen LogP contribution in [0.2, 0.25) is 0 Å². The molecule has 2 aliphatic rings. The Morgan fingerprint density at radius 1 is 0.960 bits per heavy atom. The maximum atomic E-state index is 12.7. The minimum absolute atomic E-state index is 0.212. The summed E-state index contributed by atoms with van der Waals surface area (Å²) in [4.78, 5) is 12.3. The van der Waals surface area contributed by atoms with Crippen LogP contribution in [0.25, 0.3) is 5.70 Å². The van der Waals surface area contributed by atoms with E-state index in [4.69, 9.17) is 4.74 Å². The third-order valence-electron chi connectivity index (χ3n) is 4.94. The second kappa shape index (κ2) is 6.69. The average molecular weight is 336 g/mol. The first-order valence-corrected chi connectivity index (χ1v) is 8.69. The molecule has 2 aromatic carbocycles. The van der Waals surface area contributed by atoms with Gasteiger partial charge < -0.3 is 15.0 Å². The number of hydrogen-bond donors (Lipinski definition) is 0. The molecule has 5 heteroatoms.